The normalized spacial score (nSPS) is 28.5. The average molecular weight is 301 g/mol. The van der Waals surface area contributed by atoms with Gasteiger partial charge in [-0.3, -0.25) is 5.21 Å². The molecule has 5 N–H and O–H groups in total. The Morgan fingerprint density at radius 3 is 2.62 bits per heavy atom. The molecule has 0 radical (unpaired) electrons. The van der Waals surface area contributed by atoms with Crippen LogP contribution in [0.3, 0.4) is 0 Å². The Morgan fingerprint density at radius 1 is 1.38 bits per heavy atom. The predicted molar refractivity (Wildman–Crippen MR) is 72.0 cm³/mol. The number of aliphatic hydroxyl groups excluding tert-OH is 3. The summed E-state index contributed by atoms with van der Waals surface area (Å²) in [4.78, 5) is 0. The van der Waals surface area contributed by atoms with E-state index in [4.69, 9.17) is 19.8 Å². The monoisotopic (exact) mass is 301 g/mol. The van der Waals surface area contributed by atoms with Crippen LogP contribution in [-0.4, -0.2) is 58.8 Å². The quantitative estimate of drug-likeness (QED) is 0.444. The van der Waals surface area contributed by atoms with Crippen molar-refractivity contribution in [3.05, 3.63) is 23.4 Å². The van der Waals surface area contributed by atoms with Crippen LogP contribution in [0, 0.1) is 5.21 Å². The molecule has 9 heteroatoms. The lowest BCUT2D eigenvalue weighted by atomic mass is 10.1. The number of rotatable bonds is 5. The summed E-state index contributed by atoms with van der Waals surface area (Å²) in [5.41, 5.74) is 0.0234. The van der Waals surface area contributed by atoms with E-state index in [2.05, 4.69) is 5.32 Å². The molecule has 1 aromatic carbocycles. The summed E-state index contributed by atoms with van der Waals surface area (Å²) >= 11 is 0. The molecule has 1 aromatic rings. The third-order valence-corrected chi connectivity index (χ3v) is 3.25. The molecular formula is C12H17N2O7-. The van der Waals surface area contributed by atoms with Gasteiger partial charge in [0.05, 0.1) is 25.1 Å². The summed E-state index contributed by atoms with van der Waals surface area (Å²) in [6.07, 6.45) is -4.52. The van der Waals surface area contributed by atoms with Gasteiger partial charge in [-0.15, -0.1) is 0 Å². The summed E-state index contributed by atoms with van der Waals surface area (Å²) in [7, 11) is 1.41. The van der Waals surface area contributed by atoms with Gasteiger partial charge in [-0.05, 0) is 12.1 Å². The van der Waals surface area contributed by atoms with Gasteiger partial charge in [-0.1, -0.05) is 0 Å². The number of anilines is 2. The molecule has 4 atom stereocenters. The second kappa shape index (κ2) is 6.43. The standard InChI is InChI=1S/C12H17N2O7/c1-20-6-2-3-7(8(4-6)14(18)19)13-12-11(17)10(16)9(5-15)21-12/h2-4,9-13,15-18H,5H2,1H3/q-1. The lowest BCUT2D eigenvalue weighted by molar-refractivity contribution is -0.0153. The highest BCUT2D eigenvalue weighted by atomic mass is 16.8. The van der Waals surface area contributed by atoms with Crippen molar-refractivity contribution in [3.8, 4) is 5.75 Å². The van der Waals surface area contributed by atoms with E-state index in [1.807, 2.05) is 0 Å². The van der Waals surface area contributed by atoms with Gasteiger partial charge in [0.15, 0.2) is 6.23 Å². The topological polar surface area (TPSA) is 138 Å². The van der Waals surface area contributed by atoms with Crippen molar-refractivity contribution in [2.45, 2.75) is 24.5 Å². The van der Waals surface area contributed by atoms with Crippen molar-refractivity contribution >= 4 is 11.4 Å². The molecule has 2 rings (SSSR count). The summed E-state index contributed by atoms with van der Waals surface area (Å²) in [5.74, 6) is 0.353. The van der Waals surface area contributed by atoms with Crippen LogP contribution < -0.4 is 15.3 Å². The number of aliphatic hydroxyl groups is 3. The second-order valence-corrected chi connectivity index (χ2v) is 4.56. The van der Waals surface area contributed by atoms with Crippen molar-refractivity contribution in [3.63, 3.8) is 0 Å². The molecule has 9 nitrogen and oxygen atoms in total. The zero-order valence-electron chi connectivity index (χ0n) is 11.2. The molecule has 0 spiro atoms. The number of hydrogen-bond acceptors (Lipinski definition) is 9. The van der Waals surface area contributed by atoms with Crippen LogP contribution in [0.2, 0.25) is 0 Å². The smallest absolute Gasteiger partial charge is 0.157 e. The zero-order valence-corrected chi connectivity index (χ0v) is 11.2. The van der Waals surface area contributed by atoms with Crippen LogP contribution in [0.1, 0.15) is 0 Å². The molecule has 1 fully saturated rings. The van der Waals surface area contributed by atoms with Gasteiger partial charge in [-0.2, -0.15) is 0 Å². The lowest BCUT2D eigenvalue weighted by Gasteiger charge is -2.27. The minimum absolute atomic E-state index is 0.146. The minimum atomic E-state index is -1.30. The Labute approximate surface area is 120 Å². The first kappa shape index (κ1) is 15.8. The molecule has 21 heavy (non-hydrogen) atoms. The van der Waals surface area contributed by atoms with E-state index in [0.717, 1.165) is 0 Å². The molecule has 0 aliphatic carbocycles. The minimum Gasteiger partial charge on any atom is -0.733 e. The van der Waals surface area contributed by atoms with E-state index in [0.29, 0.717) is 5.75 Å². The molecule has 4 unspecified atom stereocenters. The number of nitrogens with zero attached hydrogens (tertiary/aromatic N) is 1. The van der Waals surface area contributed by atoms with Gasteiger partial charge in [0.2, 0.25) is 0 Å². The fourth-order valence-corrected chi connectivity index (χ4v) is 2.09. The molecule has 1 heterocycles. The maximum absolute atomic E-state index is 11.2. The van der Waals surface area contributed by atoms with Crippen LogP contribution >= 0.6 is 0 Å². The van der Waals surface area contributed by atoms with Crippen molar-refractivity contribution in [1.82, 2.24) is 0 Å². The Hall–Kier alpha value is -1.62. The van der Waals surface area contributed by atoms with Crippen LogP contribution in [0.4, 0.5) is 11.4 Å². The third-order valence-electron chi connectivity index (χ3n) is 3.25. The molecule has 1 aliphatic rings. The maximum atomic E-state index is 11.2. The first-order valence-corrected chi connectivity index (χ1v) is 6.21. The van der Waals surface area contributed by atoms with Gasteiger partial charge >= 0.3 is 0 Å². The predicted octanol–water partition coefficient (Wildman–Crippen LogP) is -0.761. The maximum Gasteiger partial charge on any atom is 0.157 e. The molecule has 0 amide bonds. The van der Waals surface area contributed by atoms with E-state index in [1.165, 1.54) is 25.3 Å². The molecule has 118 valence electrons. The van der Waals surface area contributed by atoms with Gasteiger partial charge in [0.25, 0.3) is 0 Å². The average Bonchev–Trinajstić information content (AvgIpc) is 2.75. The van der Waals surface area contributed by atoms with Crippen LogP contribution in [-0.2, 0) is 4.74 Å². The molecule has 0 aromatic heterocycles. The highest BCUT2D eigenvalue weighted by molar-refractivity contribution is 5.71. The number of benzene rings is 1. The lowest BCUT2D eigenvalue weighted by Crippen LogP contribution is -2.36. The summed E-state index contributed by atoms with van der Waals surface area (Å²) < 4.78 is 10.2. The zero-order chi connectivity index (χ0) is 15.6. The summed E-state index contributed by atoms with van der Waals surface area (Å²) in [6.45, 7) is -0.459. The van der Waals surface area contributed by atoms with E-state index in [-0.39, 0.29) is 16.6 Å². The highest BCUT2D eigenvalue weighted by Gasteiger charge is 2.42. The van der Waals surface area contributed by atoms with Gasteiger partial charge in [-0.25, -0.2) is 0 Å². The van der Waals surface area contributed by atoms with E-state index >= 15 is 0 Å². The van der Waals surface area contributed by atoms with E-state index < -0.39 is 31.1 Å². The number of hydrogen-bond donors (Lipinski definition) is 5. The SMILES string of the molecule is COc1ccc(NC2OC(CO)C(O)C2O)c(N([O-])O)c1. The van der Waals surface area contributed by atoms with Crippen LogP contribution in [0.25, 0.3) is 0 Å². The number of ether oxygens (including phenoxy) is 2. The van der Waals surface area contributed by atoms with Gasteiger partial charge in [0, 0.05) is 6.07 Å². The first-order valence-electron chi connectivity index (χ1n) is 6.21. The molecule has 1 aliphatic heterocycles. The molecule has 0 saturated carbocycles. The fourth-order valence-electron chi connectivity index (χ4n) is 2.09. The van der Waals surface area contributed by atoms with Crippen molar-refractivity contribution < 1.29 is 30.0 Å². The van der Waals surface area contributed by atoms with Crippen LogP contribution in [0.5, 0.6) is 5.75 Å². The van der Waals surface area contributed by atoms with E-state index in [1.54, 1.807) is 0 Å². The van der Waals surface area contributed by atoms with Crippen LogP contribution in [0.15, 0.2) is 18.2 Å². The Bertz CT molecular complexity index is 485. The molecule has 1 saturated heterocycles. The number of nitrogens with one attached hydrogen (secondary N) is 1. The molecular weight excluding hydrogens is 284 g/mol. The summed E-state index contributed by atoms with van der Waals surface area (Å²) in [6, 6.07) is 4.28. The first-order chi connectivity index (χ1) is 9.97. The Kier molecular flexibility index (Phi) is 4.83. The van der Waals surface area contributed by atoms with E-state index in [9.17, 15) is 15.4 Å². The summed E-state index contributed by atoms with van der Waals surface area (Å²) in [5, 5.41) is 51.1. The largest absolute Gasteiger partial charge is 0.733 e. The van der Waals surface area contributed by atoms with Gasteiger partial charge < -0.3 is 40.5 Å². The molecule has 0 bridgehead atoms. The third kappa shape index (κ3) is 3.18. The Morgan fingerprint density at radius 2 is 2.10 bits per heavy atom. The number of methoxy groups -OCH3 is 1. The van der Waals surface area contributed by atoms with Gasteiger partial charge in [0.1, 0.15) is 24.1 Å². The highest BCUT2D eigenvalue weighted by Crippen LogP contribution is 2.32. The fraction of sp³-hybridized carbons (Fsp3) is 0.500. The van der Waals surface area contributed by atoms with Crippen molar-refractivity contribution in [1.29, 1.82) is 0 Å². The van der Waals surface area contributed by atoms with Crippen molar-refractivity contribution in [2.24, 2.45) is 0 Å². The second-order valence-electron chi connectivity index (χ2n) is 4.56. The Balaban J connectivity index is 2.20. The van der Waals surface area contributed by atoms with Crippen molar-refractivity contribution in [2.75, 3.05) is 24.3 Å².